The molecule has 2 amide bonds. The molecule has 8 nitrogen and oxygen atoms in total. The molecule has 24 heavy (non-hydrogen) atoms. The average Bonchev–Trinajstić information content (AvgIpc) is 2.58. The van der Waals surface area contributed by atoms with Gasteiger partial charge in [-0.05, 0) is 38.0 Å². The molecule has 1 unspecified atom stereocenters. The Hall–Kier alpha value is -1.35. The summed E-state index contributed by atoms with van der Waals surface area (Å²) in [6, 6.07) is -0.470. The van der Waals surface area contributed by atoms with Gasteiger partial charge in [0.2, 0.25) is 15.9 Å². The van der Waals surface area contributed by atoms with E-state index in [0.29, 0.717) is 32.6 Å². The maximum atomic E-state index is 12.4. The minimum atomic E-state index is -3.13. The normalized spacial score (nSPS) is 23.8. The van der Waals surface area contributed by atoms with Crippen LogP contribution in [0.1, 0.15) is 32.1 Å². The molecule has 1 atom stereocenters. The van der Waals surface area contributed by atoms with Crippen molar-refractivity contribution in [1.82, 2.24) is 14.5 Å². The molecule has 1 N–H and O–H groups in total. The van der Waals surface area contributed by atoms with Gasteiger partial charge in [0.05, 0.1) is 13.4 Å². The third-order valence-corrected chi connectivity index (χ3v) is 6.13. The predicted molar refractivity (Wildman–Crippen MR) is 88.9 cm³/mol. The molecule has 0 saturated carbocycles. The lowest BCUT2D eigenvalue weighted by Gasteiger charge is -2.34. The van der Waals surface area contributed by atoms with Crippen molar-refractivity contribution in [2.75, 3.05) is 39.5 Å². The summed E-state index contributed by atoms with van der Waals surface area (Å²) in [5.41, 5.74) is 0. The summed E-state index contributed by atoms with van der Waals surface area (Å²) >= 11 is 0. The first-order valence-corrected chi connectivity index (χ1v) is 10.2. The van der Waals surface area contributed by atoms with Crippen LogP contribution in [0, 0.1) is 5.92 Å². The van der Waals surface area contributed by atoms with Crippen molar-refractivity contribution >= 4 is 22.0 Å². The molecule has 2 heterocycles. The second-order valence-electron chi connectivity index (χ2n) is 6.53. The van der Waals surface area contributed by atoms with Crippen molar-refractivity contribution in [1.29, 1.82) is 0 Å². The number of ether oxygens (including phenoxy) is 1. The number of amides is 2. The summed E-state index contributed by atoms with van der Waals surface area (Å²) in [6.07, 6.45) is 4.67. The van der Waals surface area contributed by atoms with Gasteiger partial charge in [-0.15, -0.1) is 0 Å². The van der Waals surface area contributed by atoms with Gasteiger partial charge in [-0.2, -0.15) is 0 Å². The highest BCUT2D eigenvalue weighted by molar-refractivity contribution is 7.88. The lowest BCUT2D eigenvalue weighted by atomic mass is 9.97. The van der Waals surface area contributed by atoms with Crippen LogP contribution in [0.5, 0.6) is 0 Å². The third kappa shape index (κ3) is 4.83. The summed E-state index contributed by atoms with van der Waals surface area (Å²) in [6.45, 7) is 2.05. The van der Waals surface area contributed by atoms with Gasteiger partial charge in [0.15, 0.2) is 0 Å². The Labute approximate surface area is 143 Å². The lowest BCUT2D eigenvalue weighted by molar-refractivity contribution is -0.127. The van der Waals surface area contributed by atoms with Gasteiger partial charge in [0.25, 0.3) is 0 Å². The largest absolute Gasteiger partial charge is 0.453 e. The van der Waals surface area contributed by atoms with Gasteiger partial charge < -0.3 is 10.1 Å². The quantitative estimate of drug-likeness (QED) is 0.782. The number of methoxy groups -OCH3 is 1. The maximum absolute atomic E-state index is 12.4. The predicted octanol–water partition coefficient (Wildman–Crippen LogP) is 0.395. The Kier molecular flexibility index (Phi) is 6.45. The van der Waals surface area contributed by atoms with Gasteiger partial charge in [0, 0.05) is 26.2 Å². The highest BCUT2D eigenvalue weighted by Gasteiger charge is 2.33. The number of likely N-dealkylation sites (tertiary alicyclic amines) is 1. The van der Waals surface area contributed by atoms with Gasteiger partial charge in [-0.3, -0.25) is 9.69 Å². The second-order valence-corrected chi connectivity index (χ2v) is 8.51. The summed E-state index contributed by atoms with van der Waals surface area (Å²) in [5, 5.41) is 2.93. The standard InChI is InChI=1S/C15H27N3O5S/c1-23-15(20)18-8-4-3-5-13(18)14(19)16-11-12-6-9-17(10-7-12)24(2,21)22/h12-13H,3-11H2,1-2H3,(H,16,19). The zero-order valence-electron chi connectivity index (χ0n) is 14.4. The number of carbonyl (C=O) groups is 2. The number of carbonyl (C=O) groups excluding carboxylic acids is 2. The third-order valence-electron chi connectivity index (χ3n) is 4.82. The topological polar surface area (TPSA) is 96.0 Å². The van der Waals surface area contributed by atoms with Crippen LogP contribution in [0.2, 0.25) is 0 Å². The first kappa shape index (κ1) is 19.0. The molecule has 2 aliphatic heterocycles. The van der Waals surface area contributed by atoms with Crippen molar-refractivity contribution in [3.8, 4) is 0 Å². The van der Waals surface area contributed by atoms with E-state index in [0.717, 1.165) is 25.7 Å². The molecule has 2 saturated heterocycles. The van der Waals surface area contributed by atoms with Crippen LogP contribution in [-0.2, 0) is 19.6 Å². The molecular weight excluding hydrogens is 334 g/mol. The highest BCUT2D eigenvalue weighted by Crippen LogP contribution is 2.20. The molecule has 2 aliphatic rings. The molecule has 0 aliphatic carbocycles. The molecule has 138 valence electrons. The number of rotatable bonds is 4. The van der Waals surface area contributed by atoms with Gasteiger partial charge in [-0.1, -0.05) is 0 Å². The number of piperidine rings is 2. The van der Waals surface area contributed by atoms with Crippen LogP contribution in [0.4, 0.5) is 4.79 Å². The van der Waals surface area contributed by atoms with Gasteiger partial charge in [-0.25, -0.2) is 17.5 Å². The van der Waals surface area contributed by atoms with Crippen molar-refractivity contribution in [3.63, 3.8) is 0 Å². The van der Waals surface area contributed by atoms with E-state index in [1.54, 1.807) is 0 Å². The number of hydrogen-bond acceptors (Lipinski definition) is 5. The van der Waals surface area contributed by atoms with Gasteiger partial charge >= 0.3 is 6.09 Å². The number of hydrogen-bond donors (Lipinski definition) is 1. The van der Waals surface area contributed by atoms with Crippen molar-refractivity contribution < 1.29 is 22.7 Å². The summed E-state index contributed by atoms with van der Waals surface area (Å²) < 4.78 is 29.2. The average molecular weight is 361 g/mol. The monoisotopic (exact) mass is 361 g/mol. The van der Waals surface area contributed by atoms with E-state index in [1.807, 2.05) is 0 Å². The van der Waals surface area contributed by atoms with E-state index in [-0.39, 0.29) is 11.8 Å². The highest BCUT2D eigenvalue weighted by atomic mass is 32.2. The number of nitrogens with zero attached hydrogens (tertiary/aromatic N) is 2. The zero-order valence-corrected chi connectivity index (χ0v) is 15.2. The second kappa shape index (κ2) is 8.15. The Morgan fingerprint density at radius 3 is 2.38 bits per heavy atom. The maximum Gasteiger partial charge on any atom is 0.410 e. The van der Waals surface area contributed by atoms with Crippen LogP contribution in [0.25, 0.3) is 0 Å². The molecule has 0 aromatic rings. The van der Waals surface area contributed by atoms with Crippen molar-refractivity contribution in [2.24, 2.45) is 5.92 Å². The first-order valence-electron chi connectivity index (χ1n) is 8.40. The smallest absolute Gasteiger partial charge is 0.410 e. The van der Waals surface area contributed by atoms with Crippen LogP contribution in [0.15, 0.2) is 0 Å². The molecule has 0 spiro atoms. The number of sulfonamides is 1. The Morgan fingerprint density at radius 1 is 1.12 bits per heavy atom. The fraction of sp³-hybridized carbons (Fsp3) is 0.867. The van der Waals surface area contributed by atoms with E-state index < -0.39 is 22.2 Å². The fourth-order valence-electron chi connectivity index (χ4n) is 3.35. The van der Waals surface area contributed by atoms with E-state index in [1.165, 1.54) is 22.6 Å². The van der Waals surface area contributed by atoms with Crippen LogP contribution in [-0.4, -0.2) is 75.2 Å². The minimum absolute atomic E-state index is 0.148. The molecule has 0 radical (unpaired) electrons. The van der Waals surface area contributed by atoms with Crippen LogP contribution >= 0.6 is 0 Å². The SMILES string of the molecule is COC(=O)N1CCCCC1C(=O)NCC1CCN(S(C)(=O)=O)CC1. The fourth-order valence-corrected chi connectivity index (χ4v) is 4.22. The van der Waals surface area contributed by atoms with Crippen molar-refractivity contribution in [2.45, 2.75) is 38.1 Å². The minimum Gasteiger partial charge on any atom is -0.453 e. The Bertz CT molecular complexity index is 557. The van der Waals surface area contributed by atoms with Gasteiger partial charge in [0.1, 0.15) is 6.04 Å². The van der Waals surface area contributed by atoms with Crippen molar-refractivity contribution in [3.05, 3.63) is 0 Å². The molecule has 0 aromatic heterocycles. The molecule has 9 heteroatoms. The van der Waals surface area contributed by atoms with E-state index in [4.69, 9.17) is 4.74 Å². The van der Waals surface area contributed by atoms with E-state index >= 15 is 0 Å². The molecule has 0 aromatic carbocycles. The van der Waals surface area contributed by atoms with E-state index in [9.17, 15) is 18.0 Å². The molecular formula is C15H27N3O5S. The molecule has 2 fully saturated rings. The lowest BCUT2D eigenvalue weighted by Crippen LogP contribution is -2.52. The number of nitrogens with one attached hydrogen (secondary N) is 1. The Balaban J connectivity index is 1.81. The zero-order chi connectivity index (χ0) is 17.7. The van der Waals surface area contributed by atoms with E-state index in [2.05, 4.69) is 5.32 Å². The summed E-state index contributed by atoms with van der Waals surface area (Å²) in [5.74, 6) is 0.118. The Morgan fingerprint density at radius 2 is 1.79 bits per heavy atom. The first-order chi connectivity index (χ1) is 11.3. The summed E-state index contributed by atoms with van der Waals surface area (Å²) in [7, 11) is -1.81. The molecule has 0 bridgehead atoms. The summed E-state index contributed by atoms with van der Waals surface area (Å²) in [4.78, 5) is 25.7. The molecule has 2 rings (SSSR count). The van der Waals surface area contributed by atoms with Crippen LogP contribution < -0.4 is 5.32 Å². The van der Waals surface area contributed by atoms with Crippen LogP contribution in [0.3, 0.4) is 0 Å².